The third-order valence-corrected chi connectivity index (χ3v) is 1.86. The number of nitrogens with zero attached hydrogens (tertiary/aromatic N) is 3. The molecule has 112 valence electrons. The maximum Gasteiger partial charge on any atom is 0.137 e. The Morgan fingerprint density at radius 3 is 2.20 bits per heavy atom. The highest BCUT2D eigenvalue weighted by molar-refractivity contribution is 5.04. The van der Waals surface area contributed by atoms with E-state index in [0.29, 0.717) is 0 Å². The summed E-state index contributed by atoms with van der Waals surface area (Å²) in [6, 6.07) is 4.55. The minimum Gasteiger partial charge on any atom is -0.394 e. The Balaban J connectivity index is 0.000000327. The van der Waals surface area contributed by atoms with Crippen LogP contribution in [-0.4, -0.2) is 37.7 Å². The Morgan fingerprint density at radius 1 is 1.25 bits per heavy atom. The van der Waals surface area contributed by atoms with Crippen LogP contribution in [0.25, 0.3) is 0 Å². The molecule has 0 radical (unpaired) electrons. The summed E-state index contributed by atoms with van der Waals surface area (Å²) in [6.07, 6.45) is 2.12. The van der Waals surface area contributed by atoms with Gasteiger partial charge in [0.15, 0.2) is 0 Å². The Bertz CT molecular complexity index is 435. The summed E-state index contributed by atoms with van der Waals surface area (Å²) in [5.74, 6) is -1.07. The summed E-state index contributed by atoms with van der Waals surface area (Å²) in [6.45, 7) is 4.04. The van der Waals surface area contributed by atoms with Crippen molar-refractivity contribution in [2.45, 2.75) is 26.5 Å². The quantitative estimate of drug-likeness (QED) is 0.900. The molecule has 0 amide bonds. The number of aliphatic hydroxyl groups is 2. The largest absolute Gasteiger partial charge is 0.394 e. The van der Waals surface area contributed by atoms with Crippen molar-refractivity contribution >= 4 is 0 Å². The zero-order chi connectivity index (χ0) is 15.4. The van der Waals surface area contributed by atoms with Crippen LogP contribution in [0.1, 0.15) is 13.8 Å². The molecule has 20 heavy (non-hydrogen) atoms. The Kier molecular flexibility index (Phi) is 9.98. The standard InChI is InChI=1S/C6H4F2.C5H9N3O2.C2H6/c7-5-2-1-3-6(8)4-5;9-2-5(10)1-8-4-6-3-7-8;1-2/h1-4H;3-5,9-10H,1-2H2;1-2H3. The minimum atomic E-state index is -0.748. The summed E-state index contributed by atoms with van der Waals surface area (Å²) in [4.78, 5) is 3.67. The molecular formula is C13H19F2N3O2. The van der Waals surface area contributed by atoms with Crippen molar-refractivity contribution in [3.63, 3.8) is 0 Å². The Morgan fingerprint density at radius 2 is 1.85 bits per heavy atom. The molecule has 2 N–H and O–H groups in total. The van der Waals surface area contributed by atoms with Crippen LogP contribution < -0.4 is 0 Å². The van der Waals surface area contributed by atoms with Crippen molar-refractivity contribution in [1.29, 1.82) is 0 Å². The van der Waals surface area contributed by atoms with Gasteiger partial charge in [0.2, 0.25) is 0 Å². The molecule has 0 bridgehead atoms. The molecule has 0 aliphatic carbocycles. The number of hydrogen-bond acceptors (Lipinski definition) is 4. The lowest BCUT2D eigenvalue weighted by Gasteiger charge is -2.04. The van der Waals surface area contributed by atoms with Crippen LogP contribution in [0.4, 0.5) is 8.78 Å². The predicted molar refractivity (Wildman–Crippen MR) is 70.8 cm³/mol. The fraction of sp³-hybridized carbons (Fsp3) is 0.385. The molecule has 0 aliphatic heterocycles. The monoisotopic (exact) mass is 287 g/mol. The van der Waals surface area contributed by atoms with Gasteiger partial charge in [-0.15, -0.1) is 0 Å². The summed E-state index contributed by atoms with van der Waals surface area (Å²) >= 11 is 0. The molecule has 2 aromatic rings. The van der Waals surface area contributed by atoms with Crippen LogP contribution >= 0.6 is 0 Å². The first-order chi connectivity index (χ1) is 9.61. The van der Waals surface area contributed by atoms with E-state index in [1.165, 1.54) is 35.5 Å². The molecule has 0 spiro atoms. The lowest BCUT2D eigenvalue weighted by molar-refractivity contribution is 0.0782. The van der Waals surface area contributed by atoms with Crippen molar-refractivity contribution in [3.05, 3.63) is 48.6 Å². The van der Waals surface area contributed by atoms with E-state index in [2.05, 4.69) is 10.1 Å². The lowest BCUT2D eigenvalue weighted by atomic mass is 10.3. The fourth-order valence-electron chi connectivity index (χ4n) is 1.06. The normalized spacial score (nSPS) is 10.7. The van der Waals surface area contributed by atoms with Gasteiger partial charge in [0.1, 0.15) is 24.3 Å². The van der Waals surface area contributed by atoms with Gasteiger partial charge in [-0.05, 0) is 12.1 Å². The van der Waals surface area contributed by atoms with E-state index in [1.54, 1.807) is 0 Å². The van der Waals surface area contributed by atoms with Gasteiger partial charge < -0.3 is 10.2 Å². The molecule has 2 rings (SSSR count). The van der Waals surface area contributed by atoms with Gasteiger partial charge in [-0.1, -0.05) is 19.9 Å². The van der Waals surface area contributed by atoms with Crippen molar-refractivity contribution in [2.24, 2.45) is 0 Å². The lowest BCUT2D eigenvalue weighted by Crippen LogP contribution is -2.19. The zero-order valence-electron chi connectivity index (χ0n) is 11.4. The topological polar surface area (TPSA) is 71.2 Å². The van der Waals surface area contributed by atoms with E-state index in [0.717, 1.165) is 6.07 Å². The van der Waals surface area contributed by atoms with Crippen LogP contribution in [0.5, 0.6) is 0 Å². The number of aliphatic hydroxyl groups excluding tert-OH is 2. The first kappa shape index (κ1) is 18.1. The molecule has 0 aliphatic rings. The van der Waals surface area contributed by atoms with Crippen molar-refractivity contribution in [1.82, 2.24) is 14.8 Å². The number of hydrogen-bond donors (Lipinski definition) is 2. The van der Waals surface area contributed by atoms with Gasteiger partial charge in [-0.2, -0.15) is 5.10 Å². The van der Waals surface area contributed by atoms with Gasteiger partial charge in [0, 0.05) is 6.07 Å². The third-order valence-electron chi connectivity index (χ3n) is 1.86. The summed E-state index contributed by atoms with van der Waals surface area (Å²) in [5.41, 5.74) is 0. The molecule has 1 unspecified atom stereocenters. The second-order valence-corrected chi connectivity index (χ2v) is 3.39. The van der Waals surface area contributed by atoms with Crippen molar-refractivity contribution < 1.29 is 19.0 Å². The van der Waals surface area contributed by atoms with Gasteiger partial charge in [0.05, 0.1) is 19.3 Å². The molecule has 1 aromatic carbocycles. The van der Waals surface area contributed by atoms with Crippen molar-refractivity contribution in [3.8, 4) is 0 Å². The van der Waals surface area contributed by atoms with Crippen molar-refractivity contribution in [2.75, 3.05) is 6.61 Å². The number of aromatic nitrogens is 3. The second kappa shape index (κ2) is 11.0. The summed E-state index contributed by atoms with van der Waals surface area (Å²) in [5, 5.41) is 21.1. The molecule has 1 atom stereocenters. The van der Waals surface area contributed by atoms with Crippen LogP contribution in [0.15, 0.2) is 36.9 Å². The van der Waals surface area contributed by atoms with Gasteiger partial charge in [-0.25, -0.2) is 13.8 Å². The first-order valence-electron chi connectivity index (χ1n) is 6.14. The minimum absolute atomic E-state index is 0.250. The average Bonchev–Trinajstić information content (AvgIpc) is 2.94. The van der Waals surface area contributed by atoms with Crippen LogP contribution in [0.3, 0.4) is 0 Å². The molecular weight excluding hydrogens is 268 g/mol. The van der Waals surface area contributed by atoms with E-state index in [4.69, 9.17) is 10.2 Å². The third kappa shape index (κ3) is 8.28. The zero-order valence-corrected chi connectivity index (χ0v) is 11.4. The molecule has 0 saturated carbocycles. The smallest absolute Gasteiger partial charge is 0.137 e. The van der Waals surface area contributed by atoms with Crippen LogP contribution in [0, 0.1) is 11.6 Å². The second-order valence-electron chi connectivity index (χ2n) is 3.39. The number of rotatable bonds is 3. The Hall–Kier alpha value is -1.86. The highest BCUT2D eigenvalue weighted by atomic mass is 19.1. The van der Waals surface area contributed by atoms with Gasteiger partial charge in [0.25, 0.3) is 0 Å². The van der Waals surface area contributed by atoms with Gasteiger partial charge >= 0.3 is 0 Å². The van der Waals surface area contributed by atoms with E-state index >= 15 is 0 Å². The van der Waals surface area contributed by atoms with E-state index in [-0.39, 0.29) is 13.2 Å². The van der Waals surface area contributed by atoms with Crippen LogP contribution in [-0.2, 0) is 6.54 Å². The molecule has 5 nitrogen and oxygen atoms in total. The fourth-order valence-corrected chi connectivity index (χ4v) is 1.06. The molecule has 0 fully saturated rings. The Labute approximate surface area is 116 Å². The predicted octanol–water partition coefficient (Wildman–Crippen LogP) is 1.62. The summed E-state index contributed by atoms with van der Waals surface area (Å²) in [7, 11) is 0. The summed E-state index contributed by atoms with van der Waals surface area (Å²) < 4.78 is 25.3. The van der Waals surface area contributed by atoms with E-state index < -0.39 is 17.7 Å². The number of benzene rings is 1. The SMILES string of the molecule is CC.Fc1cccc(F)c1.OCC(O)Cn1cncn1. The average molecular weight is 287 g/mol. The highest BCUT2D eigenvalue weighted by Gasteiger charge is 2.01. The molecule has 7 heteroatoms. The van der Waals surface area contributed by atoms with E-state index in [9.17, 15) is 8.78 Å². The maximum atomic E-state index is 11.9. The molecule has 1 heterocycles. The van der Waals surface area contributed by atoms with Gasteiger partial charge in [-0.3, -0.25) is 4.68 Å². The molecule has 0 saturated heterocycles. The van der Waals surface area contributed by atoms with E-state index in [1.807, 2.05) is 13.8 Å². The highest BCUT2D eigenvalue weighted by Crippen LogP contribution is 1.99. The molecule has 1 aromatic heterocycles. The van der Waals surface area contributed by atoms with Crippen LogP contribution in [0.2, 0.25) is 0 Å². The first-order valence-corrected chi connectivity index (χ1v) is 6.14. The maximum absolute atomic E-state index is 11.9. The number of halogens is 2.